The normalized spacial score (nSPS) is 11.3. The molecule has 0 atom stereocenters. The molecule has 1 N–H and O–H groups in total. The molecule has 0 aliphatic carbocycles. The van der Waals surface area contributed by atoms with Crippen LogP contribution in [0.15, 0.2) is 118 Å². The molecule has 190 valence electrons. The van der Waals surface area contributed by atoms with E-state index < -0.39 is 15.9 Å². The highest BCUT2D eigenvalue weighted by atomic mass is 35.5. The topological polar surface area (TPSA) is 75.7 Å². The Morgan fingerprint density at radius 3 is 2.24 bits per heavy atom. The molecule has 0 spiro atoms. The second kappa shape index (κ2) is 12.3. The monoisotopic (exact) mass is 552 g/mol. The summed E-state index contributed by atoms with van der Waals surface area (Å²) in [4.78, 5) is 15.0. The molecule has 9 heteroatoms. The van der Waals surface area contributed by atoms with Crippen LogP contribution < -0.4 is 10.1 Å². The number of para-hydroxylation sites is 1. The maximum Gasteiger partial charge on any atom is 0.243 e. The number of rotatable bonds is 10. The number of hydrogen-bond acceptors (Lipinski definition) is 5. The summed E-state index contributed by atoms with van der Waals surface area (Å²) in [5, 5.41) is 3.05. The number of amides is 1. The summed E-state index contributed by atoms with van der Waals surface area (Å²) in [6.07, 6.45) is 0. The van der Waals surface area contributed by atoms with E-state index in [1.807, 2.05) is 78.9 Å². The van der Waals surface area contributed by atoms with E-state index in [1.165, 1.54) is 37.1 Å². The van der Waals surface area contributed by atoms with E-state index in [9.17, 15) is 13.2 Å². The minimum absolute atomic E-state index is 0.0145. The molecule has 0 heterocycles. The molecular weight excluding hydrogens is 528 g/mol. The van der Waals surface area contributed by atoms with E-state index in [2.05, 4.69) is 5.32 Å². The molecule has 0 saturated carbocycles. The van der Waals surface area contributed by atoms with Gasteiger partial charge in [0, 0.05) is 16.3 Å². The quantitative estimate of drug-likeness (QED) is 0.249. The molecule has 0 aromatic heterocycles. The van der Waals surface area contributed by atoms with Crippen LogP contribution in [0.4, 0.5) is 5.69 Å². The summed E-state index contributed by atoms with van der Waals surface area (Å²) in [6.45, 7) is -0.369. The van der Waals surface area contributed by atoms with Crippen molar-refractivity contribution in [2.75, 3.05) is 19.0 Å². The molecule has 4 rings (SSSR count). The third-order valence-corrected chi connectivity index (χ3v) is 8.58. The van der Waals surface area contributed by atoms with Gasteiger partial charge in [0.1, 0.15) is 5.75 Å². The smallest absolute Gasteiger partial charge is 0.243 e. The van der Waals surface area contributed by atoms with Crippen molar-refractivity contribution >= 4 is 45.0 Å². The van der Waals surface area contributed by atoms with E-state index in [0.717, 1.165) is 19.7 Å². The van der Waals surface area contributed by atoms with Gasteiger partial charge in [-0.1, -0.05) is 84.0 Å². The summed E-state index contributed by atoms with van der Waals surface area (Å²) in [6, 6.07) is 30.6. The molecule has 0 unspecified atom stereocenters. The first-order valence-corrected chi connectivity index (χ1v) is 14.0. The molecule has 6 nitrogen and oxygen atoms in total. The van der Waals surface area contributed by atoms with Crippen LogP contribution in [0.3, 0.4) is 0 Å². The summed E-state index contributed by atoms with van der Waals surface area (Å²) in [5.74, 6) is -0.0966. The Bertz CT molecular complexity index is 1470. The van der Waals surface area contributed by atoms with Crippen molar-refractivity contribution in [2.45, 2.75) is 21.2 Å². The lowest BCUT2D eigenvalue weighted by molar-refractivity contribution is -0.116. The van der Waals surface area contributed by atoms with E-state index in [1.54, 1.807) is 6.07 Å². The number of nitrogens with one attached hydrogen (secondary N) is 1. The Hall–Kier alpha value is -3.30. The number of anilines is 1. The molecule has 4 aromatic rings. The summed E-state index contributed by atoms with van der Waals surface area (Å²) in [5.41, 5.74) is 1.35. The minimum atomic E-state index is -4.07. The van der Waals surface area contributed by atoms with E-state index >= 15 is 0 Å². The van der Waals surface area contributed by atoms with Crippen molar-refractivity contribution in [1.82, 2.24) is 4.31 Å². The third-order valence-electron chi connectivity index (χ3n) is 5.41. The predicted molar refractivity (Wildman–Crippen MR) is 148 cm³/mol. The van der Waals surface area contributed by atoms with Crippen molar-refractivity contribution in [3.05, 3.63) is 114 Å². The zero-order valence-electron chi connectivity index (χ0n) is 20.0. The minimum Gasteiger partial charge on any atom is -0.495 e. The Morgan fingerprint density at radius 1 is 0.919 bits per heavy atom. The molecule has 0 fully saturated rings. The maximum atomic E-state index is 13.6. The van der Waals surface area contributed by atoms with Crippen LogP contribution in [0.1, 0.15) is 5.56 Å². The van der Waals surface area contributed by atoms with Gasteiger partial charge in [-0.3, -0.25) is 4.79 Å². The zero-order valence-corrected chi connectivity index (χ0v) is 22.4. The van der Waals surface area contributed by atoms with Crippen LogP contribution in [0.25, 0.3) is 0 Å². The number of carbonyl (C=O) groups excluding carboxylic acids is 1. The van der Waals surface area contributed by atoms with Crippen molar-refractivity contribution in [3.63, 3.8) is 0 Å². The number of benzene rings is 4. The highest BCUT2D eigenvalue weighted by Crippen LogP contribution is 2.33. The number of halogens is 1. The van der Waals surface area contributed by atoms with Crippen LogP contribution in [0.2, 0.25) is 5.02 Å². The van der Waals surface area contributed by atoms with E-state index in [-0.39, 0.29) is 23.0 Å². The highest BCUT2D eigenvalue weighted by molar-refractivity contribution is 7.99. The lowest BCUT2D eigenvalue weighted by atomic mass is 10.2. The molecule has 1 amide bonds. The van der Waals surface area contributed by atoms with Crippen molar-refractivity contribution in [1.29, 1.82) is 0 Å². The zero-order chi connectivity index (χ0) is 26.3. The fourth-order valence-electron chi connectivity index (χ4n) is 3.59. The van der Waals surface area contributed by atoms with Gasteiger partial charge in [0.25, 0.3) is 0 Å². The number of carbonyl (C=O) groups is 1. The number of ether oxygens (including phenoxy) is 1. The van der Waals surface area contributed by atoms with Gasteiger partial charge in [-0.25, -0.2) is 8.42 Å². The van der Waals surface area contributed by atoms with Gasteiger partial charge < -0.3 is 10.1 Å². The van der Waals surface area contributed by atoms with Gasteiger partial charge in [0.15, 0.2) is 0 Å². The Labute approximate surface area is 226 Å². The van der Waals surface area contributed by atoms with Gasteiger partial charge in [0.05, 0.1) is 29.3 Å². The average molecular weight is 553 g/mol. The molecule has 0 saturated heterocycles. The Balaban J connectivity index is 1.59. The first kappa shape index (κ1) is 26.8. The second-order valence-corrected chi connectivity index (χ2v) is 11.5. The van der Waals surface area contributed by atoms with Crippen LogP contribution in [-0.4, -0.2) is 32.3 Å². The molecule has 0 radical (unpaired) electrons. The largest absolute Gasteiger partial charge is 0.495 e. The average Bonchev–Trinajstić information content (AvgIpc) is 2.90. The summed E-state index contributed by atoms with van der Waals surface area (Å²) < 4.78 is 33.5. The van der Waals surface area contributed by atoms with E-state index in [4.69, 9.17) is 16.3 Å². The SMILES string of the molecule is COc1ccc(S(=O)(=O)N(CC(=O)Nc2ccccc2Sc2ccccc2)Cc2ccccc2)cc1Cl. The summed E-state index contributed by atoms with van der Waals surface area (Å²) in [7, 11) is -2.61. The van der Waals surface area contributed by atoms with Gasteiger partial charge in [-0.05, 0) is 48.0 Å². The molecule has 37 heavy (non-hydrogen) atoms. The first-order chi connectivity index (χ1) is 17.9. The van der Waals surface area contributed by atoms with E-state index in [0.29, 0.717) is 11.4 Å². The third kappa shape index (κ3) is 6.93. The molecule has 0 aliphatic heterocycles. The van der Waals surface area contributed by atoms with Crippen LogP contribution in [-0.2, 0) is 21.4 Å². The van der Waals surface area contributed by atoms with Crippen LogP contribution in [0.5, 0.6) is 5.75 Å². The first-order valence-electron chi connectivity index (χ1n) is 11.4. The van der Waals surface area contributed by atoms with Gasteiger partial charge in [-0.15, -0.1) is 0 Å². The molecular formula is C28H25ClN2O4S2. The Morgan fingerprint density at radius 2 is 1.57 bits per heavy atom. The fraction of sp³-hybridized carbons (Fsp3) is 0.107. The van der Waals surface area contributed by atoms with Gasteiger partial charge >= 0.3 is 0 Å². The number of hydrogen-bond donors (Lipinski definition) is 1. The Kier molecular flexibility index (Phi) is 8.89. The highest BCUT2D eigenvalue weighted by Gasteiger charge is 2.28. The summed E-state index contributed by atoms with van der Waals surface area (Å²) >= 11 is 7.72. The van der Waals surface area contributed by atoms with Crippen LogP contribution >= 0.6 is 23.4 Å². The predicted octanol–water partition coefficient (Wildman–Crippen LogP) is 6.33. The van der Waals surface area contributed by atoms with Crippen molar-refractivity contribution in [3.8, 4) is 5.75 Å². The molecule has 0 bridgehead atoms. The molecule has 0 aliphatic rings. The number of methoxy groups -OCH3 is 1. The fourth-order valence-corrected chi connectivity index (χ4v) is 6.25. The number of nitrogens with zero attached hydrogens (tertiary/aromatic N) is 1. The van der Waals surface area contributed by atoms with Crippen LogP contribution in [0, 0.1) is 0 Å². The van der Waals surface area contributed by atoms with Crippen molar-refractivity contribution in [2.24, 2.45) is 0 Å². The second-order valence-electron chi connectivity index (χ2n) is 8.01. The van der Waals surface area contributed by atoms with Crippen molar-refractivity contribution < 1.29 is 17.9 Å². The standard InChI is InChI=1S/C28H25ClN2O4S2/c1-35-26-17-16-23(18-24(26)29)37(33,34)31(19-21-10-4-2-5-11-21)20-28(32)30-25-14-8-9-15-27(25)36-22-12-6-3-7-13-22/h2-18H,19-20H2,1H3,(H,30,32). The lowest BCUT2D eigenvalue weighted by Crippen LogP contribution is -2.37. The molecule has 4 aromatic carbocycles. The maximum absolute atomic E-state index is 13.6. The number of sulfonamides is 1. The van der Waals surface area contributed by atoms with Gasteiger partial charge in [-0.2, -0.15) is 4.31 Å². The van der Waals surface area contributed by atoms with Gasteiger partial charge in [0.2, 0.25) is 15.9 Å². The lowest BCUT2D eigenvalue weighted by Gasteiger charge is -2.22.